The molecule has 1 saturated heterocycles. The zero-order valence-electron chi connectivity index (χ0n) is 8.56. The zero-order chi connectivity index (χ0) is 10.9. The van der Waals surface area contributed by atoms with E-state index in [0.29, 0.717) is 6.54 Å². The van der Waals surface area contributed by atoms with Gasteiger partial charge in [-0.1, -0.05) is 0 Å². The molecule has 1 saturated carbocycles. The topological polar surface area (TPSA) is 41.1 Å². The van der Waals surface area contributed by atoms with E-state index in [1.165, 1.54) is 0 Å². The van der Waals surface area contributed by atoms with Gasteiger partial charge in [0.2, 0.25) is 5.91 Å². The lowest BCUT2D eigenvalue weighted by atomic mass is 9.87. The molecular weight excluding hydrogens is 202 g/mol. The first-order valence-electron chi connectivity index (χ1n) is 5.46. The van der Waals surface area contributed by atoms with Crippen LogP contribution in [0.3, 0.4) is 0 Å². The molecule has 0 aromatic heterocycles. The third-order valence-electron chi connectivity index (χ3n) is 3.10. The summed E-state index contributed by atoms with van der Waals surface area (Å²) < 4.78 is 25.0. The molecule has 2 N–H and O–H groups in total. The fourth-order valence-electron chi connectivity index (χ4n) is 2.16. The predicted molar refractivity (Wildman–Crippen MR) is 51.7 cm³/mol. The predicted octanol–water partition coefficient (Wildman–Crippen LogP) is 0.900. The first kappa shape index (κ1) is 10.8. The lowest BCUT2D eigenvalue weighted by molar-refractivity contribution is -0.133. The summed E-state index contributed by atoms with van der Waals surface area (Å²) >= 11 is 0. The zero-order valence-corrected chi connectivity index (χ0v) is 8.56. The highest BCUT2D eigenvalue weighted by Gasteiger charge is 2.46. The van der Waals surface area contributed by atoms with Crippen molar-refractivity contribution in [2.75, 3.05) is 13.1 Å². The summed E-state index contributed by atoms with van der Waals surface area (Å²) in [6.07, 6.45) is 1.46. The summed E-state index contributed by atoms with van der Waals surface area (Å²) in [5, 5.41) is 5.82. The molecule has 0 spiro atoms. The van der Waals surface area contributed by atoms with E-state index in [-0.39, 0.29) is 30.7 Å². The average Bonchev–Trinajstić information content (AvgIpc) is 2.16. The summed E-state index contributed by atoms with van der Waals surface area (Å²) in [6, 6.07) is -0.311. The van der Waals surface area contributed by atoms with Gasteiger partial charge in [-0.15, -0.1) is 0 Å². The molecule has 86 valence electrons. The maximum absolute atomic E-state index is 12.5. The minimum atomic E-state index is -2.55. The molecule has 0 aromatic rings. The van der Waals surface area contributed by atoms with Gasteiger partial charge in [-0.2, -0.15) is 0 Å². The van der Waals surface area contributed by atoms with Gasteiger partial charge in [-0.05, 0) is 19.4 Å². The second-order valence-corrected chi connectivity index (χ2v) is 4.51. The minimum Gasteiger partial charge on any atom is -0.353 e. The van der Waals surface area contributed by atoms with Crippen LogP contribution >= 0.6 is 0 Å². The number of halogens is 2. The van der Waals surface area contributed by atoms with Crippen LogP contribution in [0.15, 0.2) is 0 Å². The van der Waals surface area contributed by atoms with Gasteiger partial charge in [0.1, 0.15) is 0 Å². The highest BCUT2D eigenvalue weighted by Crippen LogP contribution is 2.37. The fraction of sp³-hybridized carbons (Fsp3) is 0.900. The van der Waals surface area contributed by atoms with Gasteiger partial charge in [0.25, 0.3) is 5.92 Å². The van der Waals surface area contributed by atoms with Crippen LogP contribution in [-0.2, 0) is 4.79 Å². The van der Waals surface area contributed by atoms with E-state index in [1.54, 1.807) is 0 Å². The molecule has 0 bridgehead atoms. The van der Waals surface area contributed by atoms with E-state index in [4.69, 9.17) is 0 Å². The Labute approximate surface area is 87.6 Å². The number of piperidine rings is 1. The van der Waals surface area contributed by atoms with Crippen molar-refractivity contribution in [3.8, 4) is 0 Å². The summed E-state index contributed by atoms with van der Waals surface area (Å²) in [7, 11) is 0. The van der Waals surface area contributed by atoms with Crippen molar-refractivity contribution < 1.29 is 13.6 Å². The number of nitrogens with one attached hydrogen (secondary N) is 2. The highest BCUT2D eigenvalue weighted by molar-refractivity contribution is 5.79. The number of hydrogen-bond donors (Lipinski definition) is 2. The molecule has 1 heterocycles. The van der Waals surface area contributed by atoms with E-state index in [0.717, 1.165) is 19.4 Å². The maximum atomic E-state index is 12.5. The van der Waals surface area contributed by atoms with Crippen LogP contribution in [0.25, 0.3) is 0 Å². The summed E-state index contributed by atoms with van der Waals surface area (Å²) in [5.74, 6) is -2.65. The first-order chi connectivity index (χ1) is 7.07. The lowest BCUT2D eigenvalue weighted by Gasteiger charge is -2.36. The molecule has 2 aliphatic rings. The van der Waals surface area contributed by atoms with Crippen LogP contribution in [0, 0.1) is 5.92 Å². The van der Waals surface area contributed by atoms with E-state index in [2.05, 4.69) is 10.6 Å². The molecule has 1 atom stereocenters. The molecule has 2 rings (SSSR count). The van der Waals surface area contributed by atoms with Gasteiger partial charge in [0, 0.05) is 25.4 Å². The van der Waals surface area contributed by atoms with E-state index in [1.807, 2.05) is 0 Å². The molecule has 5 heteroatoms. The fourth-order valence-corrected chi connectivity index (χ4v) is 2.16. The van der Waals surface area contributed by atoms with Gasteiger partial charge in [0.15, 0.2) is 0 Å². The van der Waals surface area contributed by atoms with Crippen LogP contribution in [-0.4, -0.2) is 31.0 Å². The van der Waals surface area contributed by atoms with Crippen LogP contribution in [0.4, 0.5) is 8.78 Å². The number of carbonyl (C=O) groups is 1. The molecule has 1 aliphatic heterocycles. The highest BCUT2D eigenvalue weighted by atomic mass is 19.3. The number of amides is 1. The van der Waals surface area contributed by atoms with Crippen molar-refractivity contribution in [3.05, 3.63) is 0 Å². The lowest BCUT2D eigenvalue weighted by Crippen LogP contribution is -2.53. The maximum Gasteiger partial charge on any atom is 0.252 e. The van der Waals surface area contributed by atoms with Crippen LogP contribution in [0.1, 0.15) is 25.7 Å². The van der Waals surface area contributed by atoms with Crippen LogP contribution in [0.5, 0.6) is 0 Å². The van der Waals surface area contributed by atoms with E-state index >= 15 is 0 Å². The van der Waals surface area contributed by atoms with Crippen molar-refractivity contribution in [2.45, 2.75) is 37.6 Å². The van der Waals surface area contributed by atoms with Crippen molar-refractivity contribution in [3.63, 3.8) is 0 Å². The van der Waals surface area contributed by atoms with E-state index < -0.39 is 5.92 Å². The molecular formula is C10H16F2N2O. The molecule has 1 aliphatic carbocycles. The Hall–Kier alpha value is -0.710. The Bertz CT molecular complexity index is 244. The third kappa shape index (κ3) is 2.65. The van der Waals surface area contributed by atoms with Crippen molar-refractivity contribution in [2.24, 2.45) is 5.92 Å². The Kier molecular flexibility index (Phi) is 2.91. The monoisotopic (exact) mass is 218 g/mol. The van der Waals surface area contributed by atoms with Crippen molar-refractivity contribution >= 4 is 5.91 Å². The Morgan fingerprint density at radius 1 is 1.40 bits per heavy atom. The van der Waals surface area contributed by atoms with Gasteiger partial charge >= 0.3 is 0 Å². The quantitative estimate of drug-likeness (QED) is 0.723. The van der Waals surface area contributed by atoms with Crippen LogP contribution < -0.4 is 10.6 Å². The molecule has 0 aromatic carbocycles. The third-order valence-corrected chi connectivity index (χ3v) is 3.10. The molecule has 3 nitrogen and oxygen atoms in total. The average molecular weight is 218 g/mol. The van der Waals surface area contributed by atoms with Crippen LogP contribution in [0.2, 0.25) is 0 Å². The summed E-state index contributed by atoms with van der Waals surface area (Å²) in [4.78, 5) is 11.6. The minimum absolute atomic E-state index is 0.0343. The van der Waals surface area contributed by atoms with Crippen molar-refractivity contribution in [1.82, 2.24) is 10.6 Å². The number of alkyl halides is 2. The molecule has 15 heavy (non-hydrogen) atoms. The molecule has 2 fully saturated rings. The van der Waals surface area contributed by atoms with E-state index in [9.17, 15) is 13.6 Å². The molecule has 0 radical (unpaired) electrons. The van der Waals surface area contributed by atoms with Gasteiger partial charge < -0.3 is 10.6 Å². The van der Waals surface area contributed by atoms with Gasteiger partial charge in [0.05, 0.1) is 5.92 Å². The van der Waals surface area contributed by atoms with Gasteiger partial charge in [-0.25, -0.2) is 8.78 Å². The Morgan fingerprint density at radius 2 is 2.13 bits per heavy atom. The standard InChI is InChI=1S/C10H16F2N2O/c11-10(12)4-8(5-10)14-9(15)7-2-1-3-13-6-7/h7-8,13H,1-6H2,(H,14,15)/t7-/m0/s1. The molecule has 0 unspecified atom stereocenters. The number of carbonyl (C=O) groups excluding carboxylic acids is 1. The SMILES string of the molecule is O=C(NC1CC(F)(F)C1)[C@H]1CCCNC1. The largest absolute Gasteiger partial charge is 0.353 e. The summed E-state index contributed by atoms with van der Waals surface area (Å²) in [6.45, 7) is 1.63. The van der Waals surface area contributed by atoms with Gasteiger partial charge in [-0.3, -0.25) is 4.79 Å². The second-order valence-electron chi connectivity index (χ2n) is 4.51. The number of rotatable bonds is 2. The first-order valence-corrected chi connectivity index (χ1v) is 5.46. The normalized spacial score (nSPS) is 30.7. The Morgan fingerprint density at radius 3 is 2.67 bits per heavy atom. The molecule has 1 amide bonds. The number of hydrogen-bond acceptors (Lipinski definition) is 2. The summed E-state index contributed by atoms with van der Waals surface area (Å²) in [5.41, 5.74) is 0. The second kappa shape index (κ2) is 4.04. The Balaban J connectivity index is 1.73. The smallest absolute Gasteiger partial charge is 0.252 e. The van der Waals surface area contributed by atoms with Crippen molar-refractivity contribution in [1.29, 1.82) is 0 Å².